The first-order valence-corrected chi connectivity index (χ1v) is 3.97. The van der Waals surface area contributed by atoms with Crippen LogP contribution in [0.25, 0.3) is 0 Å². The molecular formula is C10H10Cl. The SMILES string of the molecule is C=[C]c1cc(Cl)ccc1CC. The van der Waals surface area contributed by atoms with Crippen molar-refractivity contribution in [3.63, 3.8) is 0 Å². The summed E-state index contributed by atoms with van der Waals surface area (Å²) < 4.78 is 0. The van der Waals surface area contributed by atoms with Crippen LogP contribution in [0.5, 0.6) is 0 Å². The maximum Gasteiger partial charge on any atom is 0.0412 e. The zero-order valence-corrected chi connectivity index (χ0v) is 7.28. The van der Waals surface area contributed by atoms with Crippen LogP contribution in [-0.2, 0) is 6.42 Å². The van der Waals surface area contributed by atoms with E-state index in [4.69, 9.17) is 11.6 Å². The highest BCUT2D eigenvalue weighted by atomic mass is 35.5. The van der Waals surface area contributed by atoms with E-state index in [1.54, 1.807) is 0 Å². The highest BCUT2D eigenvalue weighted by Gasteiger charge is 1.96. The number of aryl methyl sites for hydroxylation is 1. The predicted octanol–water partition coefficient (Wildman–Crippen LogP) is 3.24. The molecule has 0 aliphatic heterocycles. The first-order chi connectivity index (χ1) is 5.27. The lowest BCUT2D eigenvalue weighted by Gasteiger charge is -2.01. The third-order valence-electron chi connectivity index (χ3n) is 1.64. The molecule has 0 aliphatic carbocycles. The van der Waals surface area contributed by atoms with Crippen molar-refractivity contribution in [2.75, 3.05) is 0 Å². The van der Waals surface area contributed by atoms with Crippen molar-refractivity contribution in [1.29, 1.82) is 0 Å². The van der Waals surface area contributed by atoms with E-state index >= 15 is 0 Å². The average Bonchev–Trinajstić information content (AvgIpc) is 2.04. The van der Waals surface area contributed by atoms with Gasteiger partial charge in [-0.2, -0.15) is 0 Å². The molecular weight excluding hydrogens is 156 g/mol. The summed E-state index contributed by atoms with van der Waals surface area (Å²) in [6.07, 6.45) is 3.85. The average molecular weight is 166 g/mol. The van der Waals surface area contributed by atoms with Crippen molar-refractivity contribution < 1.29 is 0 Å². The van der Waals surface area contributed by atoms with Gasteiger partial charge in [-0.1, -0.05) is 31.2 Å². The predicted molar refractivity (Wildman–Crippen MR) is 48.8 cm³/mol. The summed E-state index contributed by atoms with van der Waals surface area (Å²) in [5.41, 5.74) is 2.25. The summed E-state index contributed by atoms with van der Waals surface area (Å²) in [7, 11) is 0. The minimum absolute atomic E-state index is 0.744. The van der Waals surface area contributed by atoms with Gasteiger partial charge in [0.1, 0.15) is 0 Å². The lowest BCUT2D eigenvalue weighted by molar-refractivity contribution is 1.12. The monoisotopic (exact) mass is 165 g/mol. The van der Waals surface area contributed by atoms with Gasteiger partial charge in [0.25, 0.3) is 0 Å². The largest absolute Gasteiger partial charge is 0.0905 e. The van der Waals surface area contributed by atoms with Crippen LogP contribution in [0.1, 0.15) is 18.1 Å². The van der Waals surface area contributed by atoms with Crippen molar-refractivity contribution in [3.05, 3.63) is 47.0 Å². The molecule has 0 saturated carbocycles. The molecule has 0 bridgehead atoms. The molecule has 0 aliphatic rings. The molecule has 0 spiro atoms. The summed E-state index contributed by atoms with van der Waals surface area (Å²) in [6, 6.07) is 5.78. The Morgan fingerprint density at radius 3 is 2.82 bits per heavy atom. The second kappa shape index (κ2) is 3.59. The van der Waals surface area contributed by atoms with Gasteiger partial charge in [-0.05, 0) is 35.8 Å². The molecule has 0 fully saturated rings. The van der Waals surface area contributed by atoms with Crippen LogP contribution in [-0.4, -0.2) is 0 Å². The Kier molecular flexibility index (Phi) is 2.72. The Bertz CT molecular complexity index is 264. The minimum Gasteiger partial charge on any atom is -0.0905 e. The lowest BCUT2D eigenvalue weighted by Crippen LogP contribution is -1.85. The Morgan fingerprint density at radius 1 is 1.55 bits per heavy atom. The standard InChI is InChI=1S/C10H10Cl/c1-3-8-5-6-10(11)7-9(8)4-2/h5-7H,2-3H2,1H3. The van der Waals surface area contributed by atoms with E-state index in [2.05, 4.69) is 19.6 Å². The Labute approximate surface area is 72.5 Å². The fourth-order valence-corrected chi connectivity index (χ4v) is 1.19. The van der Waals surface area contributed by atoms with E-state index in [1.165, 1.54) is 5.56 Å². The molecule has 0 heterocycles. The van der Waals surface area contributed by atoms with Gasteiger partial charge in [-0.15, -0.1) is 0 Å². The van der Waals surface area contributed by atoms with Gasteiger partial charge < -0.3 is 0 Å². The van der Waals surface area contributed by atoms with E-state index in [-0.39, 0.29) is 0 Å². The summed E-state index contributed by atoms with van der Waals surface area (Å²) in [5.74, 6) is 0. The maximum absolute atomic E-state index is 5.78. The summed E-state index contributed by atoms with van der Waals surface area (Å²) in [6.45, 7) is 5.70. The Balaban J connectivity index is 3.16. The quantitative estimate of drug-likeness (QED) is 0.631. The van der Waals surface area contributed by atoms with Gasteiger partial charge in [0.2, 0.25) is 0 Å². The number of benzene rings is 1. The third-order valence-corrected chi connectivity index (χ3v) is 1.88. The molecule has 1 aromatic rings. The van der Waals surface area contributed by atoms with E-state index in [0.717, 1.165) is 17.0 Å². The summed E-state index contributed by atoms with van der Waals surface area (Å²) >= 11 is 5.78. The number of halogens is 1. The van der Waals surface area contributed by atoms with E-state index in [0.29, 0.717) is 0 Å². The summed E-state index contributed by atoms with van der Waals surface area (Å²) in [5, 5.41) is 0.744. The Hall–Kier alpha value is -0.750. The second-order valence-corrected chi connectivity index (χ2v) is 2.77. The highest BCUT2D eigenvalue weighted by Crippen LogP contribution is 2.16. The summed E-state index contributed by atoms with van der Waals surface area (Å²) in [4.78, 5) is 0. The fourth-order valence-electron chi connectivity index (χ4n) is 1.02. The van der Waals surface area contributed by atoms with Gasteiger partial charge in [0.05, 0.1) is 0 Å². The molecule has 0 saturated heterocycles. The molecule has 11 heavy (non-hydrogen) atoms. The first-order valence-electron chi connectivity index (χ1n) is 3.59. The van der Waals surface area contributed by atoms with Crippen molar-refractivity contribution in [3.8, 4) is 0 Å². The van der Waals surface area contributed by atoms with Crippen molar-refractivity contribution >= 4 is 11.6 Å². The van der Waals surface area contributed by atoms with Crippen LogP contribution in [0.2, 0.25) is 5.02 Å². The smallest absolute Gasteiger partial charge is 0.0412 e. The topological polar surface area (TPSA) is 0 Å². The second-order valence-electron chi connectivity index (χ2n) is 2.33. The van der Waals surface area contributed by atoms with E-state index in [1.807, 2.05) is 18.2 Å². The van der Waals surface area contributed by atoms with Crippen molar-refractivity contribution in [1.82, 2.24) is 0 Å². The van der Waals surface area contributed by atoms with Gasteiger partial charge in [-0.3, -0.25) is 0 Å². The van der Waals surface area contributed by atoms with Crippen LogP contribution in [0.4, 0.5) is 0 Å². The Morgan fingerprint density at radius 2 is 2.27 bits per heavy atom. The fraction of sp³-hybridized carbons (Fsp3) is 0.200. The number of hydrogen-bond donors (Lipinski definition) is 0. The lowest BCUT2D eigenvalue weighted by atomic mass is 10.1. The third kappa shape index (κ3) is 1.84. The number of rotatable bonds is 2. The van der Waals surface area contributed by atoms with Crippen LogP contribution < -0.4 is 0 Å². The van der Waals surface area contributed by atoms with Gasteiger partial charge >= 0.3 is 0 Å². The molecule has 1 heteroatoms. The zero-order chi connectivity index (χ0) is 8.27. The van der Waals surface area contributed by atoms with E-state index in [9.17, 15) is 0 Å². The molecule has 0 amide bonds. The van der Waals surface area contributed by atoms with Crippen LogP contribution in [0, 0.1) is 6.08 Å². The molecule has 0 N–H and O–H groups in total. The van der Waals surface area contributed by atoms with Crippen molar-refractivity contribution in [2.24, 2.45) is 0 Å². The van der Waals surface area contributed by atoms with Crippen LogP contribution in [0.15, 0.2) is 24.8 Å². The van der Waals surface area contributed by atoms with Gasteiger partial charge in [0.15, 0.2) is 0 Å². The van der Waals surface area contributed by atoms with Crippen LogP contribution >= 0.6 is 11.6 Å². The molecule has 0 unspecified atom stereocenters. The zero-order valence-electron chi connectivity index (χ0n) is 6.52. The molecule has 0 nitrogen and oxygen atoms in total. The molecule has 1 rings (SSSR count). The van der Waals surface area contributed by atoms with E-state index < -0.39 is 0 Å². The molecule has 1 radical (unpaired) electrons. The van der Waals surface area contributed by atoms with Gasteiger partial charge in [0, 0.05) is 5.02 Å². The highest BCUT2D eigenvalue weighted by molar-refractivity contribution is 6.30. The molecule has 1 aromatic carbocycles. The molecule has 0 aromatic heterocycles. The number of hydrogen-bond acceptors (Lipinski definition) is 0. The molecule has 57 valence electrons. The first kappa shape index (κ1) is 8.35. The molecule has 0 atom stereocenters. The minimum atomic E-state index is 0.744. The van der Waals surface area contributed by atoms with Crippen molar-refractivity contribution in [2.45, 2.75) is 13.3 Å². The van der Waals surface area contributed by atoms with Crippen LogP contribution in [0.3, 0.4) is 0 Å². The van der Waals surface area contributed by atoms with Gasteiger partial charge in [-0.25, -0.2) is 0 Å². The maximum atomic E-state index is 5.78. The normalized spacial score (nSPS) is 9.64.